The summed E-state index contributed by atoms with van der Waals surface area (Å²) in [5, 5.41) is 47.8. The molecule has 0 aromatic rings. The molecule has 0 rings (SSSR count). The first-order valence-electron chi connectivity index (χ1n) is 6.42. The third-order valence-corrected chi connectivity index (χ3v) is 2.18. The number of carbonyl (C=O) groups is 6. The van der Waals surface area contributed by atoms with Crippen molar-refractivity contribution >= 4 is 35.8 Å². The molecular weight excluding hydrogens is 360 g/mol. The fraction of sp³-hybridized carbons (Fsp3) is 0.286. The van der Waals surface area contributed by atoms with Crippen molar-refractivity contribution in [1.29, 1.82) is 0 Å². The molecule has 0 aromatic heterocycles. The molecule has 6 N–H and O–H groups in total. The number of carboxylic acid groups (broad SMARTS) is 6. The molecule has 0 bridgehead atoms. The van der Waals surface area contributed by atoms with Gasteiger partial charge in [0.1, 0.15) is 0 Å². The van der Waals surface area contributed by atoms with Gasteiger partial charge in [0.15, 0.2) is 11.8 Å². The highest BCUT2D eigenvalue weighted by Gasteiger charge is 2.24. The van der Waals surface area contributed by atoms with E-state index in [1.54, 1.807) is 0 Å². The summed E-state index contributed by atoms with van der Waals surface area (Å²) in [6.07, 6.45) is 2.47. The third-order valence-electron chi connectivity index (χ3n) is 2.18. The summed E-state index contributed by atoms with van der Waals surface area (Å²) >= 11 is 0. The lowest BCUT2D eigenvalue weighted by Crippen LogP contribution is -2.22. The lowest BCUT2D eigenvalue weighted by atomic mass is 10.1. The molecule has 146 valence electrons. The van der Waals surface area contributed by atoms with Crippen molar-refractivity contribution in [3.8, 4) is 0 Å². The number of carboxylic acids is 6. The van der Waals surface area contributed by atoms with E-state index in [4.69, 9.17) is 40.2 Å². The van der Waals surface area contributed by atoms with Crippen molar-refractivity contribution in [2.24, 2.45) is 11.8 Å². The van der Waals surface area contributed by atoms with E-state index in [9.17, 15) is 19.2 Å². The molecule has 26 heavy (non-hydrogen) atoms. The standard InChI is InChI=1S/2C6H8O4.C2H2O4/c2*1-2-3-4(5(7)8)6(9)10;3-1(4)2(5)6/h2*2,4H,1,3H2,(H,7,8)(H,9,10);(H,3,4)(H,5,6). The van der Waals surface area contributed by atoms with Crippen LogP contribution in [0.5, 0.6) is 0 Å². The van der Waals surface area contributed by atoms with Crippen LogP contribution in [0.15, 0.2) is 25.3 Å². The van der Waals surface area contributed by atoms with Crippen molar-refractivity contribution in [2.45, 2.75) is 12.8 Å². The molecule has 0 spiro atoms. The molecular formula is C14H18O12. The van der Waals surface area contributed by atoms with Crippen LogP contribution in [0.3, 0.4) is 0 Å². The Hall–Kier alpha value is -3.70. The summed E-state index contributed by atoms with van der Waals surface area (Å²) in [6, 6.07) is 0. The molecule has 0 aliphatic heterocycles. The molecule has 0 fully saturated rings. The van der Waals surface area contributed by atoms with Gasteiger partial charge in [-0.05, 0) is 12.8 Å². The largest absolute Gasteiger partial charge is 0.481 e. The fourth-order valence-corrected chi connectivity index (χ4v) is 0.948. The second kappa shape index (κ2) is 14.9. The number of hydrogen-bond donors (Lipinski definition) is 6. The zero-order valence-corrected chi connectivity index (χ0v) is 13.3. The van der Waals surface area contributed by atoms with Gasteiger partial charge in [0.05, 0.1) is 0 Å². The summed E-state index contributed by atoms with van der Waals surface area (Å²) in [6.45, 7) is 6.48. The van der Waals surface area contributed by atoms with Gasteiger partial charge in [-0.1, -0.05) is 12.2 Å². The molecule has 0 saturated heterocycles. The van der Waals surface area contributed by atoms with E-state index < -0.39 is 47.7 Å². The second-order valence-electron chi connectivity index (χ2n) is 4.12. The van der Waals surface area contributed by atoms with E-state index in [0.717, 1.165) is 0 Å². The highest BCUT2D eigenvalue weighted by atomic mass is 16.4. The van der Waals surface area contributed by atoms with Crippen molar-refractivity contribution in [3.63, 3.8) is 0 Å². The number of aliphatic carboxylic acids is 6. The molecule has 0 radical (unpaired) electrons. The summed E-state index contributed by atoms with van der Waals surface area (Å²) in [7, 11) is 0. The summed E-state index contributed by atoms with van der Waals surface area (Å²) < 4.78 is 0. The van der Waals surface area contributed by atoms with Gasteiger partial charge in [0.2, 0.25) is 0 Å². The van der Waals surface area contributed by atoms with Crippen LogP contribution in [-0.2, 0) is 28.8 Å². The van der Waals surface area contributed by atoms with Crippen LogP contribution in [0.25, 0.3) is 0 Å². The molecule has 0 aromatic carbocycles. The minimum atomic E-state index is -1.82. The average Bonchev–Trinajstić information content (AvgIpc) is 2.49. The Morgan fingerprint density at radius 2 is 0.769 bits per heavy atom. The molecule has 0 unspecified atom stereocenters. The summed E-state index contributed by atoms with van der Waals surface area (Å²) in [5.74, 6) is -11.7. The Balaban J connectivity index is -0.000000316. The van der Waals surface area contributed by atoms with Crippen LogP contribution in [-0.4, -0.2) is 66.5 Å². The zero-order chi connectivity index (χ0) is 21.4. The highest BCUT2D eigenvalue weighted by Crippen LogP contribution is 2.03. The summed E-state index contributed by atoms with van der Waals surface area (Å²) in [5.41, 5.74) is 0. The number of hydrogen-bond acceptors (Lipinski definition) is 6. The van der Waals surface area contributed by atoms with Crippen LogP contribution in [0, 0.1) is 11.8 Å². The fourth-order valence-electron chi connectivity index (χ4n) is 0.948. The molecule has 0 saturated carbocycles. The Labute approximate surface area is 146 Å². The first-order valence-corrected chi connectivity index (χ1v) is 6.42. The van der Waals surface area contributed by atoms with Gasteiger partial charge in [-0.15, -0.1) is 13.2 Å². The summed E-state index contributed by atoms with van der Waals surface area (Å²) in [4.78, 5) is 58.6. The minimum absolute atomic E-state index is 0.0370. The van der Waals surface area contributed by atoms with Crippen molar-refractivity contribution in [2.75, 3.05) is 0 Å². The predicted molar refractivity (Wildman–Crippen MR) is 82.4 cm³/mol. The molecule has 12 nitrogen and oxygen atoms in total. The van der Waals surface area contributed by atoms with E-state index in [-0.39, 0.29) is 12.8 Å². The van der Waals surface area contributed by atoms with Gasteiger partial charge in [-0.25, -0.2) is 9.59 Å². The Morgan fingerprint density at radius 3 is 0.808 bits per heavy atom. The number of allylic oxidation sites excluding steroid dienone is 2. The van der Waals surface area contributed by atoms with E-state index in [1.165, 1.54) is 12.2 Å². The van der Waals surface area contributed by atoms with Crippen LogP contribution in [0.2, 0.25) is 0 Å². The highest BCUT2D eigenvalue weighted by molar-refractivity contribution is 6.27. The monoisotopic (exact) mass is 378 g/mol. The van der Waals surface area contributed by atoms with E-state index in [2.05, 4.69) is 13.2 Å². The maximum absolute atomic E-state index is 10.1. The molecule has 12 heteroatoms. The average molecular weight is 378 g/mol. The first kappa shape index (κ1) is 27.2. The lowest BCUT2D eigenvalue weighted by Gasteiger charge is -2.01. The normalized spacial score (nSPS) is 8.85. The molecule has 0 amide bonds. The lowest BCUT2D eigenvalue weighted by molar-refractivity contribution is -0.159. The second-order valence-corrected chi connectivity index (χ2v) is 4.12. The van der Waals surface area contributed by atoms with Gasteiger partial charge in [-0.3, -0.25) is 19.2 Å². The minimum Gasteiger partial charge on any atom is -0.481 e. The quantitative estimate of drug-likeness (QED) is 0.184. The van der Waals surface area contributed by atoms with Gasteiger partial charge in [0.25, 0.3) is 0 Å². The first-order chi connectivity index (χ1) is 11.8. The van der Waals surface area contributed by atoms with Crippen molar-refractivity contribution in [3.05, 3.63) is 25.3 Å². The van der Waals surface area contributed by atoms with E-state index >= 15 is 0 Å². The van der Waals surface area contributed by atoms with Gasteiger partial charge < -0.3 is 30.6 Å². The van der Waals surface area contributed by atoms with E-state index in [1.807, 2.05) is 0 Å². The molecule has 0 heterocycles. The Morgan fingerprint density at radius 1 is 0.577 bits per heavy atom. The van der Waals surface area contributed by atoms with E-state index in [0.29, 0.717) is 0 Å². The topological polar surface area (TPSA) is 224 Å². The number of rotatable bonds is 8. The van der Waals surface area contributed by atoms with Gasteiger partial charge in [0, 0.05) is 0 Å². The molecule has 0 aliphatic carbocycles. The predicted octanol–water partition coefficient (Wildman–Crippen LogP) is -0.149. The SMILES string of the molecule is C=CCC(C(=O)O)C(=O)O.C=CCC(C(=O)O)C(=O)O.O=C(O)C(=O)O. The van der Waals surface area contributed by atoms with Crippen LogP contribution in [0.1, 0.15) is 12.8 Å². The van der Waals surface area contributed by atoms with Gasteiger partial charge in [-0.2, -0.15) is 0 Å². The Kier molecular flexibility index (Phi) is 15.5. The van der Waals surface area contributed by atoms with Crippen molar-refractivity contribution < 1.29 is 59.4 Å². The van der Waals surface area contributed by atoms with Crippen LogP contribution >= 0.6 is 0 Å². The molecule has 0 atom stereocenters. The molecule has 0 aliphatic rings. The third kappa shape index (κ3) is 15.2. The zero-order valence-electron chi connectivity index (χ0n) is 13.3. The maximum atomic E-state index is 10.1. The van der Waals surface area contributed by atoms with Crippen LogP contribution in [0.4, 0.5) is 0 Å². The Bertz CT molecular complexity index is 484. The van der Waals surface area contributed by atoms with Crippen LogP contribution < -0.4 is 0 Å². The maximum Gasteiger partial charge on any atom is 0.414 e. The van der Waals surface area contributed by atoms with Crippen molar-refractivity contribution in [1.82, 2.24) is 0 Å². The smallest absolute Gasteiger partial charge is 0.414 e. The van der Waals surface area contributed by atoms with Gasteiger partial charge >= 0.3 is 35.8 Å².